The van der Waals surface area contributed by atoms with Gasteiger partial charge in [0, 0.05) is 6.61 Å². The Morgan fingerprint density at radius 3 is 2.08 bits per heavy atom. The first kappa shape index (κ1) is 10.3. The van der Waals surface area contributed by atoms with E-state index in [2.05, 4.69) is 32.9 Å². The van der Waals surface area contributed by atoms with Crippen molar-refractivity contribution < 1.29 is 4.74 Å². The van der Waals surface area contributed by atoms with Crippen molar-refractivity contribution in [2.24, 2.45) is 0 Å². The van der Waals surface area contributed by atoms with Crippen LogP contribution in [0.2, 0.25) is 0 Å². The van der Waals surface area contributed by atoms with E-state index in [-0.39, 0.29) is 0 Å². The first-order chi connectivity index (χ1) is 6.15. The largest absolute Gasteiger partial charge is 0.377 e. The molecule has 0 fully saturated rings. The molecule has 0 heterocycles. The van der Waals surface area contributed by atoms with Gasteiger partial charge >= 0.3 is 0 Å². The molecule has 0 aliphatic rings. The number of rotatable bonds is 3. The molecule has 0 spiro atoms. The van der Waals surface area contributed by atoms with Crippen LogP contribution in [0, 0.1) is 20.8 Å². The molecule has 0 amide bonds. The molecule has 1 nitrogen and oxygen atoms in total. The number of benzene rings is 1. The molecule has 0 aromatic heterocycles. The molecule has 1 rings (SSSR count). The topological polar surface area (TPSA) is 9.23 Å². The van der Waals surface area contributed by atoms with Gasteiger partial charge in [-0.1, -0.05) is 17.7 Å². The summed E-state index contributed by atoms with van der Waals surface area (Å²) in [6.07, 6.45) is 0. The van der Waals surface area contributed by atoms with Crippen LogP contribution in [0.25, 0.3) is 0 Å². The van der Waals surface area contributed by atoms with Gasteiger partial charge in [-0.15, -0.1) is 0 Å². The van der Waals surface area contributed by atoms with Crippen molar-refractivity contribution in [3.8, 4) is 0 Å². The summed E-state index contributed by atoms with van der Waals surface area (Å²) in [5.74, 6) is 0. The highest BCUT2D eigenvalue weighted by Crippen LogP contribution is 2.16. The predicted octanol–water partition coefficient (Wildman–Crippen LogP) is 3.15. The zero-order valence-electron chi connectivity index (χ0n) is 8.98. The van der Waals surface area contributed by atoms with Crippen LogP contribution in [-0.4, -0.2) is 6.61 Å². The summed E-state index contributed by atoms with van der Waals surface area (Å²) >= 11 is 0. The third-order valence-corrected chi connectivity index (χ3v) is 2.29. The minimum Gasteiger partial charge on any atom is -0.377 e. The van der Waals surface area contributed by atoms with Crippen molar-refractivity contribution in [1.82, 2.24) is 0 Å². The zero-order valence-corrected chi connectivity index (χ0v) is 8.98. The maximum absolute atomic E-state index is 5.42. The van der Waals surface area contributed by atoms with E-state index in [0.29, 0.717) is 0 Å². The van der Waals surface area contributed by atoms with Crippen LogP contribution in [0.15, 0.2) is 12.1 Å². The highest BCUT2D eigenvalue weighted by molar-refractivity contribution is 5.36. The minimum atomic E-state index is 0.744. The highest BCUT2D eigenvalue weighted by Gasteiger charge is 2.02. The van der Waals surface area contributed by atoms with E-state index < -0.39 is 0 Å². The van der Waals surface area contributed by atoms with Gasteiger partial charge in [0.2, 0.25) is 0 Å². The van der Waals surface area contributed by atoms with Gasteiger partial charge in [0.1, 0.15) is 0 Å². The third kappa shape index (κ3) is 2.56. The summed E-state index contributed by atoms with van der Waals surface area (Å²) in [7, 11) is 0. The molecule has 0 N–H and O–H groups in total. The fourth-order valence-corrected chi connectivity index (χ4v) is 1.64. The molecule has 0 aliphatic carbocycles. The Labute approximate surface area is 80.7 Å². The lowest BCUT2D eigenvalue weighted by Gasteiger charge is -2.10. The Morgan fingerprint density at radius 2 is 1.62 bits per heavy atom. The van der Waals surface area contributed by atoms with Crippen molar-refractivity contribution in [3.63, 3.8) is 0 Å². The molecular formula is C12H18O. The van der Waals surface area contributed by atoms with E-state index in [1.807, 2.05) is 6.92 Å². The molecule has 0 aliphatic heterocycles. The van der Waals surface area contributed by atoms with E-state index in [0.717, 1.165) is 13.2 Å². The van der Waals surface area contributed by atoms with E-state index in [1.54, 1.807) is 0 Å². The Hall–Kier alpha value is -0.820. The maximum Gasteiger partial charge on any atom is 0.0721 e. The van der Waals surface area contributed by atoms with Crippen molar-refractivity contribution in [3.05, 3.63) is 34.4 Å². The van der Waals surface area contributed by atoms with Crippen LogP contribution in [0.4, 0.5) is 0 Å². The quantitative estimate of drug-likeness (QED) is 0.691. The van der Waals surface area contributed by atoms with Gasteiger partial charge in [0.25, 0.3) is 0 Å². The maximum atomic E-state index is 5.42. The molecule has 0 unspecified atom stereocenters. The first-order valence-electron chi connectivity index (χ1n) is 4.79. The Bertz CT molecular complexity index is 266. The first-order valence-corrected chi connectivity index (χ1v) is 4.79. The highest BCUT2D eigenvalue weighted by atomic mass is 16.5. The summed E-state index contributed by atoms with van der Waals surface area (Å²) in [5, 5.41) is 0. The van der Waals surface area contributed by atoms with Crippen LogP contribution < -0.4 is 0 Å². The van der Waals surface area contributed by atoms with Gasteiger partial charge in [-0.2, -0.15) is 0 Å². The molecular weight excluding hydrogens is 160 g/mol. The molecule has 0 saturated carbocycles. The number of hydrogen-bond donors (Lipinski definition) is 0. The molecule has 0 radical (unpaired) electrons. The number of aryl methyl sites for hydroxylation is 3. The lowest BCUT2D eigenvalue weighted by atomic mass is 10.0. The second kappa shape index (κ2) is 4.43. The molecule has 1 aromatic carbocycles. The van der Waals surface area contributed by atoms with Gasteiger partial charge in [-0.25, -0.2) is 0 Å². The molecule has 13 heavy (non-hydrogen) atoms. The lowest BCUT2D eigenvalue weighted by molar-refractivity contribution is 0.133. The van der Waals surface area contributed by atoms with Crippen molar-refractivity contribution in [2.45, 2.75) is 34.3 Å². The van der Waals surface area contributed by atoms with E-state index >= 15 is 0 Å². The Balaban J connectivity index is 2.92. The fraction of sp³-hybridized carbons (Fsp3) is 0.500. The second-order valence-corrected chi connectivity index (χ2v) is 3.51. The van der Waals surface area contributed by atoms with Crippen molar-refractivity contribution >= 4 is 0 Å². The van der Waals surface area contributed by atoms with Crippen LogP contribution in [0.5, 0.6) is 0 Å². The van der Waals surface area contributed by atoms with Gasteiger partial charge in [0.05, 0.1) is 6.61 Å². The minimum absolute atomic E-state index is 0.744. The molecule has 0 bridgehead atoms. The van der Waals surface area contributed by atoms with Crippen LogP contribution >= 0.6 is 0 Å². The monoisotopic (exact) mass is 178 g/mol. The smallest absolute Gasteiger partial charge is 0.0721 e. The van der Waals surface area contributed by atoms with Crippen LogP contribution in [0.3, 0.4) is 0 Å². The van der Waals surface area contributed by atoms with Crippen molar-refractivity contribution in [1.29, 1.82) is 0 Å². The average Bonchev–Trinajstić information content (AvgIpc) is 2.02. The fourth-order valence-electron chi connectivity index (χ4n) is 1.64. The summed E-state index contributed by atoms with van der Waals surface area (Å²) in [6, 6.07) is 4.42. The lowest BCUT2D eigenvalue weighted by Crippen LogP contribution is -1.98. The molecule has 1 heteroatoms. The van der Waals surface area contributed by atoms with E-state index in [1.165, 1.54) is 22.3 Å². The summed E-state index contributed by atoms with van der Waals surface area (Å²) < 4.78 is 5.42. The van der Waals surface area contributed by atoms with Gasteiger partial charge in [0.15, 0.2) is 0 Å². The zero-order chi connectivity index (χ0) is 9.84. The SMILES string of the molecule is CCOCc1c(C)cc(C)cc1C. The Morgan fingerprint density at radius 1 is 1.08 bits per heavy atom. The standard InChI is InChI=1S/C12H18O/c1-5-13-8-12-10(3)6-9(2)7-11(12)4/h6-7H,5,8H2,1-4H3. The number of ether oxygens (including phenoxy) is 1. The molecule has 0 saturated heterocycles. The summed E-state index contributed by atoms with van der Waals surface area (Å²) in [5.41, 5.74) is 5.35. The molecule has 1 aromatic rings. The molecule has 72 valence electrons. The molecule has 0 atom stereocenters. The van der Waals surface area contributed by atoms with Gasteiger partial charge in [-0.3, -0.25) is 0 Å². The van der Waals surface area contributed by atoms with Crippen molar-refractivity contribution in [2.75, 3.05) is 6.61 Å². The second-order valence-electron chi connectivity index (χ2n) is 3.51. The van der Waals surface area contributed by atoms with E-state index in [9.17, 15) is 0 Å². The summed E-state index contributed by atoms with van der Waals surface area (Å²) in [6.45, 7) is 9.98. The Kier molecular flexibility index (Phi) is 3.49. The summed E-state index contributed by atoms with van der Waals surface area (Å²) in [4.78, 5) is 0. The predicted molar refractivity (Wildman–Crippen MR) is 56.0 cm³/mol. The average molecular weight is 178 g/mol. The van der Waals surface area contributed by atoms with Crippen LogP contribution in [0.1, 0.15) is 29.2 Å². The number of hydrogen-bond acceptors (Lipinski definition) is 1. The normalized spacial score (nSPS) is 10.5. The third-order valence-electron chi connectivity index (χ3n) is 2.29. The van der Waals surface area contributed by atoms with E-state index in [4.69, 9.17) is 4.74 Å². The van der Waals surface area contributed by atoms with Gasteiger partial charge in [-0.05, 0) is 44.4 Å². The van der Waals surface area contributed by atoms with Crippen LogP contribution in [-0.2, 0) is 11.3 Å². The van der Waals surface area contributed by atoms with Gasteiger partial charge < -0.3 is 4.74 Å².